The molecule has 3 N–H and O–H groups in total. The Hall–Kier alpha value is -3.57. The van der Waals surface area contributed by atoms with E-state index in [-0.39, 0.29) is 17.7 Å². The van der Waals surface area contributed by atoms with E-state index in [0.29, 0.717) is 18.5 Å². The molecule has 1 fully saturated rings. The molecule has 9 nitrogen and oxygen atoms in total. The zero-order valence-corrected chi connectivity index (χ0v) is 17.5. The maximum absolute atomic E-state index is 13.0. The second-order valence-corrected chi connectivity index (χ2v) is 7.56. The molecule has 0 bridgehead atoms. The van der Waals surface area contributed by atoms with Crippen molar-refractivity contribution in [2.45, 2.75) is 43.9 Å². The number of hydrogen-bond donors (Lipinski definition) is 3. The topological polar surface area (TPSA) is 119 Å². The summed E-state index contributed by atoms with van der Waals surface area (Å²) in [5, 5.41) is 13.8. The highest BCUT2D eigenvalue weighted by molar-refractivity contribution is 6.14. The Morgan fingerprint density at radius 3 is 2.72 bits per heavy atom. The first-order valence-electron chi connectivity index (χ1n) is 9.84. The number of amides is 1. The molecule has 3 rings (SSSR count). The molecule has 1 aliphatic carbocycles. The number of nitrogens with zero attached hydrogens (tertiary/aromatic N) is 5. The molecule has 2 heterocycles. The van der Waals surface area contributed by atoms with Crippen LogP contribution in [0.25, 0.3) is 0 Å². The number of alkyl halides is 3. The smallest absolute Gasteiger partial charge is 0.346 e. The summed E-state index contributed by atoms with van der Waals surface area (Å²) in [5.74, 6) is -0.277. The van der Waals surface area contributed by atoms with Crippen molar-refractivity contribution in [2.24, 2.45) is 5.10 Å². The highest BCUT2D eigenvalue weighted by Gasteiger charge is 2.44. The number of nitrogens with one attached hydrogen (secondary N) is 3. The van der Waals surface area contributed by atoms with Crippen LogP contribution in [0, 0.1) is 5.41 Å². The molecular weight excluding hydrogens is 425 g/mol. The van der Waals surface area contributed by atoms with Gasteiger partial charge in [0, 0.05) is 31.9 Å². The minimum atomic E-state index is -4.51. The molecule has 1 aliphatic rings. The summed E-state index contributed by atoms with van der Waals surface area (Å²) in [6.45, 7) is 1.91. The molecule has 2 aromatic heterocycles. The molecule has 2 unspecified atom stereocenters. The van der Waals surface area contributed by atoms with Gasteiger partial charge in [0.25, 0.3) is 5.91 Å². The second-order valence-electron chi connectivity index (χ2n) is 7.56. The van der Waals surface area contributed by atoms with E-state index < -0.39 is 23.2 Å². The second kappa shape index (κ2) is 9.28. The molecule has 0 aromatic carbocycles. The van der Waals surface area contributed by atoms with E-state index in [2.05, 4.69) is 30.8 Å². The third-order valence-corrected chi connectivity index (χ3v) is 5.62. The number of carbonyl (C=O) groups is 1. The van der Waals surface area contributed by atoms with Gasteiger partial charge >= 0.3 is 6.18 Å². The van der Waals surface area contributed by atoms with Crippen LogP contribution in [0.1, 0.15) is 42.2 Å². The van der Waals surface area contributed by atoms with Gasteiger partial charge in [0.15, 0.2) is 5.69 Å². The van der Waals surface area contributed by atoms with Crippen molar-refractivity contribution in [1.82, 2.24) is 20.3 Å². The highest BCUT2D eigenvalue weighted by atomic mass is 19.4. The molecule has 0 aliphatic heterocycles. The molecule has 12 heteroatoms. The van der Waals surface area contributed by atoms with Gasteiger partial charge in [-0.25, -0.2) is 15.0 Å². The Kier molecular flexibility index (Phi) is 6.70. The largest absolute Gasteiger partial charge is 0.419 e. The summed E-state index contributed by atoms with van der Waals surface area (Å²) in [6.07, 6.45) is 2.87. The van der Waals surface area contributed by atoms with Crippen molar-refractivity contribution in [2.75, 3.05) is 17.4 Å². The molecule has 2 atom stereocenters. The van der Waals surface area contributed by atoms with Crippen LogP contribution in [0.3, 0.4) is 0 Å². The summed E-state index contributed by atoms with van der Waals surface area (Å²) in [4.78, 5) is 26.6. The number of hydrazone groups is 1. The number of rotatable bonds is 7. The first-order chi connectivity index (χ1) is 15.2. The van der Waals surface area contributed by atoms with Gasteiger partial charge in [-0.1, -0.05) is 0 Å². The van der Waals surface area contributed by atoms with Crippen LogP contribution in [0.4, 0.5) is 24.8 Å². The van der Waals surface area contributed by atoms with E-state index in [4.69, 9.17) is 5.41 Å². The van der Waals surface area contributed by atoms with Crippen molar-refractivity contribution in [1.29, 1.82) is 5.41 Å². The minimum Gasteiger partial charge on any atom is -0.346 e. The third-order valence-electron chi connectivity index (χ3n) is 5.62. The van der Waals surface area contributed by atoms with E-state index in [9.17, 15) is 18.0 Å². The van der Waals surface area contributed by atoms with E-state index in [0.717, 1.165) is 25.0 Å². The summed E-state index contributed by atoms with van der Waals surface area (Å²) in [5.41, 5.74) is 1.66. The van der Waals surface area contributed by atoms with Crippen LogP contribution in [0.15, 0.2) is 35.8 Å². The quantitative estimate of drug-likeness (QED) is 0.442. The van der Waals surface area contributed by atoms with E-state index >= 15 is 0 Å². The molecule has 170 valence electrons. The van der Waals surface area contributed by atoms with Gasteiger partial charge in [0.1, 0.15) is 0 Å². The van der Waals surface area contributed by atoms with E-state index in [1.165, 1.54) is 12.4 Å². The summed E-state index contributed by atoms with van der Waals surface area (Å²) in [7, 11) is 1.70. The van der Waals surface area contributed by atoms with Crippen LogP contribution in [-0.2, 0) is 6.18 Å². The maximum Gasteiger partial charge on any atom is 0.419 e. The lowest BCUT2D eigenvalue weighted by Gasteiger charge is -2.40. The number of halogens is 3. The number of likely N-dealkylation sites (N-methyl/N-ethyl adjacent to an activating group) is 1. The number of pyridine rings is 1. The molecule has 32 heavy (non-hydrogen) atoms. The number of hydrogen-bond acceptors (Lipinski definition) is 8. The standard InChI is InChI=1S/C20H23F3N8O/c1-19(31(2)18-26-11-13(12-27-18)20(21,22)23)7-3-6-15(19)29-17(32)16-14(5-4-9-25-16)30-28-10-8-24/h4-5,8-12,15,24,30H,3,6-7H2,1-2H3,(H,29,32)/b24-8?,28-10-. The van der Waals surface area contributed by atoms with Crippen LogP contribution in [0.5, 0.6) is 0 Å². The Morgan fingerprint density at radius 1 is 1.34 bits per heavy atom. The molecule has 1 amide bonds. The molecular formula is C20H23F3N8O. The zero-order chi connectivity index (χ0) is 23.4. The average Bonchev–Trinajstić information content (AvgIpc) is 3.14. The van der Waals surface area contributed by atoms with Gasteiger partial charge in [-0.05, 0) is 38.3 Å². The summed E-state index contributed by atoms with van der Waals surface area (Å²) >= 11 is 0. The van der Waals surface area contributed by atoms with Crippen molar-refractivity contribution < 1.29 is 18.0 Å². The lowest BCUT2D eigenvalue weighted by atomic mass is 9.93. The van der Waals surface area contributed by atoms with Crippen LogP contribution in [0.2, 0.25) is 0 Å². The fraction of sp³-hybridized carbons (Fsp3) is 0.400. The van der Waals surface area contributed by atoms with Gasteiger partial charge in [-0.2, -0.15) is 18.3 Å². The molecule has 0 spiro atoms. The maximum atomic E-state index is 13.0. The lowest BCUT2D eigenvalue weighted by Crippen LogP contribution is -2.57. The van der Waals surface area contributed by atoms with Gasteiger partial charge in [0.05, 0.1) is 29.0 Å². The average molecular weight is 448 g/mol. The van der Waals surface area contributed by atoms with Gasteiger partial charge in [0.2, 0.25) is 5.95 Å². The SMILES string of the molecule is CN(c1ncc(C(F)(F)F)cn1)C1(C)CCCC1NC(=O)c1ncccc1N/N=C\C=N. The Labute approximate surface area is 182 Å². The van der Waals surface area contributed by atoms with Gasteiger partial charge in [-0.3, -0.25) is 10.2 Å². The van der Waals surface area contributed by atoms with E-state index in [1.807, 2.05) is 6.92 Å². The number of carbonyl (C=O) groups excluding carboxylic acids is 1. The number of aromatic nitrogens is 3. The molecule has 0 radical (unpaired) electrons. The fourth-order valence-electron chi connectivity index (χ4n) is 3.69. The Morgan fingerprint density at radius 2 is 2.06 bits per heavy atom. The van der Waals surface area contributed by atoms with Crippen LogP contribution in [-0.4, -0.2) is 51.9 Å². The highest BCUT2D eigenvalue weighted by Crippen LogP contribution is 2.37. The minimum absolute atomic E-state index is 0.136. The molecule has 2 aromatic rings. The Bertz CT molecular complexity index is 995. The third kappa shape index (κ3) is 4.84. The van der Waals surface area contributed by atoms with Crippen molar-refractivity contribution in [3.8, 4) is 0 Å². The van der Waals surface area contributed by atoms with Crippen LogP contribution < -0.4 is 15.6 Å². The molecule has 1 saturated carbocycles. The van der Waals surface area contributed by atoms with Crippen LogP contribution >= 0.6 is 0 Å². The normalized spacial score (nSPS) is 20.8. The Balaban J connectivity index is 1.78. The van der Waals surface area contributed by atoms with Gasteiger partial charge < -0.3 is 15.6 Å². The lowest BCUT2D eigenvalue weighted by molar-refractivity contribution is -0.138. The summed E-state index contributed by atoms with van der Waals surface area (Å²) in [6, 6.07) is 2.97. The van der Waals surface area contributed by atoms with E-state index in [1.54, 1.807) is 24.1 Å². The number of anilines is 2. The first-order valence-corrected chi connectivity index (χ1v) is 9.84. The van der Waals surface area contributed by atoms with Crippen molar-refractivity contribution >= 4 is 30.0 Å². The predicted molar refractivity (Wildman–Crippen MR) is 114 cm³/mol. The predicted octanol–water partition coefficient (Wildman–Crippen LogP) is 3.12. The fourth-order valence-corrected chi connectivity index (χ4v) is 3.69. The first kappa shape index (κ1) is 23.1. The van der Waals surface area contributed by atoms with Gasteiger partial charge in [-0.15, -0.1) is 0 Å². The summed E-state index contributed by atoms with van der Waals surface area (Å²) < 4.78 is 38.5. The van der Waals surface area contributed by atoms with Crippen molar-refractivity contribution in [3.05, 3.63) is 42.0 Å². The molecule has 0 saturated heterocycles. The monoisotopic (exact) mass is 448 g/mol. The zero-order valence-electron chi connectivity index (χ0n) is 17.5. The van der Waals surface area contributed by atoms with Crippen molar-refractivity contribution in [3.63, 3.8) is 0 Å².